The maximum Gasteiger partial charge on any atom is 0.0785 e. The second kappa shape index (κ2) is 1.95. The number of ether oxygens (including phenoxy) is 1. The first-order valence-corrected chi connectivity index (χ1v) is 3.79. The van der Waals surface area contributed by atoms with E-state index in [1.54, 1.807) is 0 Å². The average molecular weight is 143 g/mol. The van der Waals surface area contributed by atoms with Crippen LogP contribution in [0.15, 0.2) is 0 Å². The summed E-state index contributed by atoms with van der Waals surface area (Å²) in [6, 6.07) is 0.183. The maximum absolute atomic E-state index is 5.86. The highest BCUT2D eigenvalue weighted by Gasteiger charge is 2.43. The Morgan fingerprint density at radius 3 is 1.90 bits per heavy atom. The monoisotopic (exact) mass is 143 g/mol. The molecular weight excluding hydrogens is 126 g/mol. The van der Waals surface area contributed by atoms with Crippen LogP contribution in [0, 0.1) is 0 Å². The van der Waals surface area contributed by atoms with Crippen LogP contribution in [0.25, 0.3) is 0 Å². The molecule has 1 rings (SSSR count). The van der Waals surface area contributed by atoms with E-state index < -0.39 is 0 Å². The first kappa shape index (κ1) is 8.02. The van der Waals surface area contributed by atoms with Gasteiger partial charge in [0, 0.05) is 6.04 Å². The van der Waals surface area contributed by atoms with Gasteiger partial charge in [-0.15, -0.1) is 0 Å². The van der Waals surface area contributed by atoms with E-state index in [2.05, 4.69) is 13.8 Å². The predicted octanol–water partition coefficient (Wildman–Crippen LogP) is 1.29. The zero-order valence-corrected chi connectivity index (χ0v) is 7.27. The van der Waals surface area contributed by atoms with Crippen LogP contribution < -0.4 is 5.73 Å². The van der Waals surface area contributed by atoms with E-state index >= 15 is 0 Å². The Bertz CT molecular complexity index is 140. The van der Waals surface area contributed by atoms with Crippen molar-refractivity contribution in [1.82, 2.24) is 0 Å². The minimum absolute atomic E-state index is 0.0249. The lowest BCUT2D eigenvalue weighted by molar-refractivity contribution is -0.0674. The molecule has 1 aliphatic rings. The molecule has 2 N–H and O–H groups in total. The lowest BCUT2D eigenvalue weighted by Gasteiger charge is -2.25. The van der Waals surface area contributed by atoms with Crippen molar-refractivity contribution in [2.45, 2.75) is 51.4 Å². The lowest BCUT2D eigenvalue weighted by atomic mass is 9.96. The van der Waals surface area contributed by atoms with Crippen LogP contribution >= 0.6 is 0 Å². The molecule has 0 aromatic heterocycles. The molecule has 10 heavy (non-hydrogen) atoms. The van der Waals surface area contributed by atoms with Gasteiger partial charge in [-0.3, -0.25) is 0 Å². The van der Waals surface area contributed by atoms with Gasteiger partial charge in [0.15, 0.2) is 0 Å². The molecule has 1 atom stereocenters. The topological polar surface area (TPSA) is 35.2 Å². The van der Waals surface area contributed by atoms with Crippen molar-refractivity contribution in [2.24, 2.45) is 5.73 Å². The fraction of sp³-hybridized carbons (Fsp3) is 1.00. The Kier molecular flexibility index (Phi) is 1.57. The molecule has 0 unspecified atom stereocenters. The van der Waals surface area contributed by atoms with Crippen molar-refractivity contribution < 1.29 is 4.74 Å². The van der Waals surface area contributed by atoms with Crippen molar-refractivity contribution in [1.29, 1.82) is 0 Å². The largest absolute Gasteiger partial charge is 0.368 e. The highest BCUT2D eigenvalue weighted by Crippen LogP contribution is 2.35. The SMILES string of the molecule is CC1(C)C[C@H](N)C(C)(C)O1. The van der Waals surface area contributed by atoms with Crippen LogP contribution in [0.2, 0.25) is 0 Å². The minimum atomic E-state index is -0.135. The van der Waals surface area contributed by atoms with E-state index in [1.165, 1.54) is 0 Å². The average Bonchev–Trinajstić information content (AvgIpc) is 1.73. The van der Waals surface area contributed by atoms with E-state index in [0.717, 1.165) is 6.42 Å². The minimum Gasteiger partial charge on any atom is -0.368 e. The van der Waals surface area contributed by atoms with Gasteiger partial charge >= 0.3 is 0 Å². The van der Waals surface area contributed by atoms with Crippen LogP contribution in [0.1, 0.15) is 34.1 Å². The molecule has 0 amide bonds. The lowest BCUT2D eigenvalue weighted by Crippen LogP contribution is -2.38. The second-order valence-electron chi connectivity index (χ2n) is 4.28. The summed E-state index contributed by atoms with van der Waals surface area (Å²) >= 11 is 0. The Balaban J connectivity index is 2.71. The third-order valence-corrected chi connectivity index (χ3v) is 2.14. The molecule has 0 spiro atoms. The molecule has 1 aliphatic heterocycles. The summed E-state index contributed by atoms with van der Waals surface area (Å²) in [7, 11) is 0. The highest BCUT2D eigenvalue weighted by atomic mass is 16.5. The standard InChI is InChI=1S/C8H17NO/c1-7(2)5-6(9)8(3,4)10-7/h6H,5,9H2,1-4H3/t6-/m0/s1. The van der Waals surface area contributed by atoms with Gasteiger partial charge < -0.3 is 10.5 Å². The Morgan fingerprint density at radius 1 is 1.30 bits per heavy atom. The van der Waals surface area contributed by atoms with Gasteiger partial charge in [0.05, 0.1) is 11.2 Å². The molecular formula is C8H17NO. The zero-order chi connectivity index (χ0) is 7.99. The van der Waals surface area contributed by atoms with Gasteiger partial charge in [-0.25, -0.2) is 0 Å². The zero-order valence-electron chi connectivity index (χ0n) is 7.27. The molecule has 0 aromatic carbocycles. The smallest absolute Gasteiger partial charge is 0.0785 e. The molecule has 0 aromatic rings. The number of rotatable bonds is 0. The van der Waals surface area contributed by atoms with Crippen molar-refractivity contribution >= 4 is 0 Å². The molecule has 60 valence electrons. The van der Waals surface area contributed by atoms with Crippen molar-refractivity contribution in [2.75, 3.05) is 0 Å². The van der Waals surface area contributed by atoms with E-state index in [0.29, 0.717) is 0 Å². The van der Waals surface area contributed by atoms with Crippen LogP contribution in [-0.2, 0) is 4.74 Å². The van der Waals surface area contributed by atoms with Gasteiger partial charge in [0.25, 0.3) is 0 Å². The summed E-state index contributed by atoms with van der Waals surface area (Å²) in [4.78, 5) is 0. The molecule has 0 bridgehead atoms. The summed E-state index contributed by atoms with van der Waals surface area (Å²) in [6.45, 7) is 8.27. The fourth-order valence-corrected chi connectivity index (χ4v) is 1.60. The second-order valence-corrected chi connectivity index (χ2v) is 4.28. The first-order chi connectivity index (χ1) is 4.33. The summed E-state index contributed by atoms with van der Waals surface area (Å²) in [5.41, 5.74) is 5.70. The molecule has 1 fully saturated rings. The fourth-order valence-electron chi connectivity index (χ4n) is 1.60. The molecule has 2 heteroatoms. The van der Waals surface area contributed by atoms with E-state index in [4.69, 9.17) is 10.5 Å². The van der Waals surface area contributed by atoms with Crippen molar-refractivity contribution in [3.8, 4) is 0 Å². The first-order valence-electron chi connectivity index (χ1n) is 3.79. The summed E-state index contributed by atoms with van der Waals surface area (Å²) in [6.07, 6.45) is 0.958. The maximum atomic E-state index is 5.86. The van der Waals surface area contributed by atoms with E-state index in [-0.39, 0.29) is 17.2 Å². The quantitative estimate of drug-likeness (QED) is 0.554. The predicted molar refractivity (Wildman–Crippen MR) is 41.8 cm³/mol. The van der Waals surface area contributed by atoms with E-state index in [9.17, 15) is 0 Å². The van der Waals surface area contributed by atoms with Crippen LogP contribution in [0.4, 0.5) is 0 Å². The molecule has 0 saturated carbocycles. The highest BCUT2D eigenvalue weighted by molar-refractivity contribution is 4.96. The third-order valence-electron chi connectivity index (χ3n) is 2.14. The summed E-state index contributed by atoms with van der Waals surface area (Å²) in [5.74, 6) is 0. The van der Waals surface area contributed by atoms with E-state index in [1.807, 2.05) is 13.8 Å². The third kappa shape index (κ3) is 1.32. The van der Waals surface area contributed by atoms with Crippen molar-refractivity contribution in [3.05, 3.63) is 0 Å². The number of hydrogen-bond acceptors (Lipinski definition) is 2. The van der Waals surface area contributed by atoms with Gasteiger partial charge in [-0.05, 0) is 34.1 Å². The molecule has 0 aliphatic carbocycles. The Labute approximate surface area is 62.7 Å². The van der Waals surface area contributed by atoms with Gasteiger partial charge in [0.2, 0.25) is 0 Å². The summed E-state index contributed by atoms with van der Waals surface area (Å²) < 4.78 is 5.72. The molecule has 0 radical (unpaired) electrons. The Hall–Kier alpha value is -0.0800. The molecule has 1 saturated heterocycles. The van der Waals surface area contributed by atoms with Gasteiger partial charge in [-0.2, -0.15) is 0 Å². The molecule has 2 nitrogen and oxygen atoms in total. The van der Waals surface area contributed by atoms with Crippen molar-refractivity contribution in [3.63, 3.8) is 0 Å². The number of nitrogens with two attached hydrogens (primary N) is 1. The van der Waals surface area contributed by atoms with Crippen LogP contribution in [-0.4, -0.2) is 17.2 Å². The Morgan fingerprint density at radius 2 is 1.80 bits per heavy atom. The normalized spacial score (nSPS) is 36.3. The molecule has 1 heterocycles. The van der Waals surface area contributed by atoms with Gasteiger partial charge in [0.1, 0.15) is 0 Å². The summed E-state index contributed by atoms with van der Waals surface area (Å²) in [5, 5.41) is 0. The number of hydrogen-bond donors (Lipinski definition) is 1. The van der Waals surface area contributed by atoms with Crippen LogP contribution in [0.3, 0.4) is 0 Å². The van der Waals surface area contributed by atoms with Crippen LogP contribution in [0.5, 0.6) is 0 Å². The van der Waals surface area contributed by atoms with Gasteiger partial charge in [-0.1, -0.05) is 0 Å².